The van der Waals surface area contributed by atoms with Crippen molar-refractivity contribution >= 4 is 34.7 Å². The molecule has 1 aromatic heterocycles. The fourth-order valence-corrected chi connectivity index (χ4v) is 2.15. The minimum Gasteiger partial charge on any atom is -0.338 e. The van der Waals surface area contributed by atoms with Crippen molar-refractivity contribution in [2.75, 3.05) is 10.6 Å². The van der Waals surface area contributed by atoms with E-state index in [0.717, 1.165) is 0 Å². The van der Waals surface area contributed by atoms with E-state index in [1.54, 1.807) is 30.3 Å². The first kappa shape index (κ1) is 15.9. The second-order valence-electron chi connectivity index (χ2n) is 4.84. The molecule has 2 aromatic carbocycles. The van der Waals surface area contributed by atoms with Crippen molar-refractivity contribution in [2.24, 2.45) is 0 Å². The number of amides is 1. The lowest BCUT2D eigenvalue weighted by molar-refractivity contribution is 0.102. The van der Waals surface area contributed by atoms with Crippen molar-refractivity contribution in [3.8, 4) is 0 Å². The number of para-hydroxylation sites is 2. The molecule has 0 aliphatic carbocycles. The Morgan fingerprint density at radius 1 is 0.917 bits per heavy atom. The quantitative estimate of drug-likeness (QED) is 0.743. The zero-order valence-electron chi connectivity index (χ0n) is 12.3. The van der Waals surface area contributed by atoms with Crippen LogP contribution in [-0.2, 0) is 0 Å². The van der Waals surface area contributed by atoms with Crippen LogP contribution < -0.4 is 10.6 Å². The van der Waals surface area contributed by atoms with Crippen LogP contribution in [0.4, 0.5) is 21.6 Å². The molecule has 0 radical (unpaired) electrons. The van der Waals surface area contributed by atoms with E-state index in [9.17, 15) is 9.18 Å². The van der Waals surface area contributed by atoms with E-state index in [1.807, 2.05) is 12.1 Å². The Morgan fingerprint density at radius 3 is 2.29 bits per heavy atom. The van der Waals surface area contributed by atoms with Gasteiger partial charge in [-0.1, -0.05) is 35.9 Å². The van der Waals surface area contributed by atoms with Crippen LogP contribution in [0.3, 0.4) is 0 Å². The average Bonchev–Trinajstić information content (AvgIpc) is 2.59. The van der Waals surface area contributed by atoms with Crippen LogP contribution in [0.15, 0.2) is 60.7 Å². The van der Waals surface area contributed by atoms with E-state index in [2.05, 4.69) is 20.8 Å². The molecule has 0 bridgehead atoms. The van der Waals surface area contributed by atoms with Gasteiger partial charge >= 0.3 is 0 Å². The molecule has 5 nitrogen and oxygen atoms in total. The van der Waals surface area contributed by atoms with Gasteiger partial charge in [0.1, 0.15) is 5.82 Å². The minimum atomic E-state index is -0.545. The van der Waals surface area contributed by atoms with Crippen molar-refractivity contribution in [2.45, 2.75) is 0 Å². The first-order chi connectivity index (χ1) is 11.6. The molecule has 7 heteroatoms. The second kappa shape index (κ2) is 7.06. The van der Waals surface area contributed by atoms with Gasteiger partial charge in [0.15, 0.2) is 11.5 Å². The molecule has 0 unspecified atom stereocenters. The third-order valence-electron chi connectivity index (χ3n) is 3.16. The largest absolute Gasteiger partial charge is 0.338 e. The summed E-state index contributed by atoms with van der Waals surface area (Å²) in [5.74, 6) is -0.627. The monoisotopic (exact) mass is 342 g/mol. The zero-order valence-corrected chi connectivity index (χ0v) is 13.1. The van der Waals surface area contributed by atoms with Crippen molar-refractivity contribution < 1.29 is 9.18 Å². The molecule has 1 heterocycles. The SMILES string of the molecule is O=C(Nc1ccccc1F)c1ccc(Nc2ccccc2Cl)nn1. The third kappa shape index (κ3) is 3.67. The fraction of sp³-hybridized carbons (Fsp3) is 0. The number of rotatable bonds is 4. The van der Waals surface area contributed by atoms with Crippen LogP contribution in [0.2, 0.25) is 5.02 Å². The Bertz CT molecular complexity index is 870. The Kier molecular flexibility index (Phi) is 4.67. The molecule has 3 aromatic rings. The molecule has 1 amide bonds. The summed E-state index contributed by atoms with van der Waals surface area (Å²) in [7, 11) is 0. The number of carbonyl (C=O) groups excluding carboxylic acids is 1. The number of hydrogen-bond acceptors (Lipinski definition) is 4. The Morgan fingerprint density at radius 2 is 1.62 bits per heavy atom. The highest BCUT2D eigenvalue weighted by Gasteiger charge is 2.11. The number of nitrogens with one attached hydrogen (secondary N) is 2. The average molecular weight is 343 g/mol. The summed E-state index contributed by atoms with van der Waals surface area (Å²) in [6, 6.07) is 16.2. The Balaban J connectivity index is 1.71. The zero-order chi connectivity index (χ0) is 16.9. The van der Waals surface area contributed by atoms with Crippen molar-refractivity contribution in [3.63, 3.8) is 0 Å². The van der Waals surface area contributed by atoms with Gasteiger partial charge in [-0.15, -0.1) is 10.2 Å². The van der Waals surface area contributed by atoms with Crippen LogP contribution in [0.5, 0.6) is 0 Å². The fourth-order valence-electron chi connectivity index (χ4n) is 1.97. The molecule has 2 N–H and O–H groups in total. The minimum absolute atomic E-state index is 0.0722. The number of halogens is 2. The number of carbonyl (C=O) groups is 1. The van der Waals surface area contributed by atoms with Gasteiger partial charge in [-0.3, -0.25) is 4.79 Å². The van der Waals surface area contributed by atoms with Gasteiger partial charge in [0, 0.05) is 0 Å². The lowest BCUT2D eigenvalue weighted by atomic mass is 10.3. The summed E-state index contributed by atoms with van der Waals surface area (Å²) >= 11 is 6.05. The van der Waals surface area contributed by atoms with Gasteiger partial charge in [0.25, 0.3) is 5.91 Å². The summed E-state index contributed by atoms with van der Waals surface area (Å²) < 4.78 is 13.5. The van der Waals surface area contributed by atoms with E-state index in [1.165, 1.54) is 18.2 Å². The maximum absolute atomic E-state index is 13.5. The molecule has 0 fully saturated rings. The molecule has 0 saturated heterocycles. The van der Waals surface area contributed by atoms with Crippen molar-refractivity contribution in [3.05, 3.63) is 77.2 Å². The van der Waals surface area contributed by atoms with Crippen LogP contribution in [0.25, 0.3) is 0 Å². The number of aromatic nitrogens is 2. The van der Waals surface area contributed by atoms with Crippen molar-refractivity contribution in [1.29, 1.82) is 0 Å². The first-order valence-corrected chi connectivity index (χ1v) is 7.42. The van der Waals surface area contributed by atoms with Crippen LogP contribution in [0.1, 0.15) is 10.5 Å². The summed E-state index contributed by atoms with van der Waals surface area (Å²) in [4.78, 5) is 12.1. The van der Waals surface area contributed by atoms with E-state index >= 15 is 0 Å². The molecule has 0 spiro atoms. The second-order valence-corrected chi connectivity index (χ2v) is 5.25. The standard InChI is InChI=1S/C17H12ClFN4O/c18-11-5-1-3-7-13(11)20-16-10-9-15(22-23-16)17(24)21-14-8-4-2-6-12(14)19/h1-10H,(H,20,23)(H,21,24). The molecule has 24 heavy (non-hydrogen) atoms. The maximum atomic E-state index is 13.5. The maximum Gasteiger partial charge on any atom is 0.276 e. The van der Waals surface area contributed by atoms with Gasteiger partial charge in [-0.2, -0.15) is 0 Å². The smallest absolute Gasteiger partial charge is 0.276 e. The van der Waals surface area contributed by atoms with Crippen molar-refractivity contribution in [1.82, 2.24) is 10.2 Å². The molecule has 120 valence electrons. The van der Waals surface area contributed by atoms with Gasteiger partial charge in [0.2, 0.25) is 0 Å². The first-order valence-electron chi connectivity index (χ1n) is 7.04. The lowest BCUT2D eigenvalue weighted by Gasteiger charge is -2.08. The topological polar surface area (TPSA) is 66.9 Å². The lowest BCUT2D eigenvalue weighted by Crippen LogP contribution is -2.15. The molecule has 0 saturated carbocycles. The van der Waals surface area contributed by atoms with E-state index in [4.69, 9.17) is 11.6 Å². The predicted octanol–water partition coefficient (Wildman–Crippen LogP) is 4.27. The van der Waals surface area contributed by atoms with Crippen LogP contribution in [0, 0.1) is 5.82 Å². The number of nitrogens with zero attached hydrogens (tertiary/aromatic N) is 2. The highest BCUT2D eigenvalue weighted by molar-refractivity contribution is 6.33. The highest BCUT2D eigenvalue weighted by Crippen LogP contribution is 2.23. The van der Waals surface area contributed by atoms with Crippen LogP contribution in [-0.4, -0.2) is 16.1 Å². The van der Waals surface area contributed by atoms with Crippen LogP contribution >= 0.6 is 11.6 Å². The molecule has 0 aliphatic heterocycles. The van der Waals surface area contributed by atoms with E-state index < -0.39 is 11.7 Å². The molecular formula is C17H12ClFN4O. The predicted molar refractivity (Wildman–Crippen MR) is 91.1 cm³/mol. The summed E-state index contributed by atoms with van der Waals surface area (Å²) in [5, 5.41) is 13.8. The molecular weight excluding hydrogens is 331 g/mol. The third-order valence-corrected chi connectivity index (χ3v) is 3.49. The molecule has 0 aliphatic rings. The molecule has 0 atom stereocenters. The summed E-state index contributed by atoms with van der Waals surface area (Å²) in [6.45, 7) is 0. The number of benzene rings is 2. The number of hydrogen-bond donors (Lipinski definition) is 2. The van der Waals surface area contributed by atoms with E-state index in [0.29, 0.717) is 16.5 Å². The van der Waals surface area contributed by atoms with E-state index in [-0.39, 0.29) is 11.4 Å². The van der Waals surface area contributed by atoms with Gasteiger partial charge in [-0.05, 0) is 36.4 Å². The molecule has 3 rings (SSSR count). The summed E-state index contributed by atoms with van der Waals surface area (Å²) in [6.07, 6.45) is 0. The Labute approximate surface area is 142 Å². The summed E-state index contributed by atoms with van der Waals surface area (Å²) in [5.41, 5.74) is 0.836. The van der Waals surface area contributed by atoms with Gasteiger partial charge in [0.05, 0.1) is 16.4 Å². The number of anilines is 3. The normalized spacial score (nSPS) is 10.2. The highest BCUT2D eigenvalue weighted by atomic mass is 35.5. The van der Waals surface area contributed by atoms with Gasteiger partial charge in [-0.25, -0.2) is 4.39 Å². The Hall–Kier alpha value is -2.99. The van der Waals surface area contributed by atoms with Gasteiger partial charge < -0.3 is 10.6 Å².